The minimum Gasteiger partial charge on any atom is -0.289 e. The molecule has 1 rings (SSSR count). The zero-order valence-corrected chi connectivity index (χ0v) is 15.3. The van der Waals surface area contributed by atoms with Crippen LogP contribution < -0.4 is 0 Å². The lowest BCUT2D eigenvalue weighted by atomic mass is 9.64. The molecule has 0 spiro atoms. The van der Waals surface area contributed by atoms with Gasteiger partial charge in [0.1, 0.15) is 0 Å². The standard InChI is InChI=1S/C18H29NO3/c1-15(2,3)12-10-18(19(21)22,17(7,8)9)11-13(14(12)20)16(4,5)6/h10-11H,1-9H3/i19+1. The van der Waals surface area contributed by atoms with Crippen LogP contribution in [0.5, 0.6) is 0 Å². The van der Waals surface area contributed by atoms with Crippen LogP contribution >= 0.6 is 0 Å². The second kappa shape index (κ2) is 5.04. The van der Waals surface area contributed by atoms with E-state index in [4.69, 9.17) is 0 Å². The molecule has 4 nitrogen and oxygen atoms in total. The van der Waals surface area contributed by atoms with Crippen LogP contribution in [0, 0.1) is 26.4 Å². The number of nitro groups is 1. The fourth-order valence-corrected chi connectivity index (χ4v) is 2.68. The maximum Gasteiger partial charge on any atom is 0.264 e. The van der Waals surface area contributed by atoms with Gasteiger partial charge >= 0.3 is 0 Å². The third-order valence-electron chi connectivity index (χ3n) is 4.34. The molecule has 0 bridgehead atoms. The Kier molecular flexibility index (Phi) is 4.26. The quantitative estimate of drug-likeness (QED) is 0.405. The number of allylic oxidation sites excluding steroid dienone is 2. The SMILES string of the molecule is CC(C)(C)C1=CC([15N+](=O)[O-])(C(C)(C)C)C=C(C(C)(C)C)C1=O. The Morgan fingerprint density at radius 1 is 0.864 bits per heavy atom. The van der Waals surface area contributed by atoms with Crippen LogP contribution in [0.15, 0.2) is 23.3 Å². The molecule has 0 aromatic carbocycles. The Morgan fingerprint density at radius 2 is 1.18 bits per heavy atom. The first-order valence-electron chi connectivity index (χ1n) is 7.70. The van der Waals surface area contributed by atoms with Gasteiger partial charge < -0.3 is 0 Å². The molecule has 0 radical (unpaired) electrons. The van der Waals surface area contributed by atoms with Crippen molar-refractivity contribution in [1.29, 1.82) is 0 Å². The summed E-state index contributed by atoms with van der Waals surface area (Å²) in [5.74, 6) is -0.0678. The van der Waals surface area contributed by atoms with E-state index >= 15 is 0 Å². The molecule has 22 heavy (non-hydrogen) atoms. The van der Waals surface area contributed by atoms with Gasteiger partial charge in [0.15, 0.2) is 5.78 Å². The molecular weight excluding hydrogens is 279 g/mol. The number of nitrogens with zero attached hydrogens (tertiary/aromatic N) is 1. The van der Waals surface area contributed by atoms with Gasteiger partial charge in [-0.3, -0.25) is 14.9 Å². The number of carbonyl (C=O) groups is 1. The fourth-order valence-electron chi connectivity index (χ4n) is 2.68. The van der Waals surface area contributed by atoms with Crippen LogP contribution in [0.4, 0.5) is 0 Å². The number of ketones is 1. The van der Waals surface area contributed by atoms with E-state index in [-0.39, 0.29) is 10.7 Å². The van der Waals surface area contributed by atoms with Crippen LogP contribution in [-0.4, -0.2) is 16.2 Å². The van der Waals surface area contributed by atoms with Gasteiger partial charge in [-0.1, -0.05) is 62.3 Å². The Bertz CT molecular complexity index is 527. The molecule has 0 fully saturated rings. The third kappa shape index (κ3) is 3.01. The summed E-state index contributed by atoms with van der Waals surface area (Å²) in [6.45, 7) is 17.1. The Balaban J connectivity index is 3.82. The first-order valence-corrected chi connectivity index (χ1v) is 7.70. The third-order valence-corrected chi connectivity index (χ3v) is 4.34. The summed E-state index contributed by atoms with van der Waals surface area (Å²) in [7, 11) is 0. The van der Waals surface area contributed by atoms with Gasteiger partial charge in [-0.25, -0.2) is 0 Å². The minimum atomic E-state index is -1.37. The van der Waals surface area contributed by atoms with Gasteiger partial charge in [0.05, 0.1) is 0 Å². The van der Waals surface area contributed by atoms with Gasteiger partial charge in [-0.15, -0.1) is 0 Å². The van der Waals surface area contributed by atoms with E-state index in [2.05, 4.69) is 0 Å². The molecule has 1 aliphatic carbocycles. The van der Waals surface area contributed by atoms with E-state index in [1.54, 1.807) is 12.2 Å². The van der Waals surface area contributed by atoms with E-state index < -0.39 is 21.8 Å². The van der Waals surface area contributed by atoms with Crippen molar-refractivity contribution in [3.8, 4) is 0 Å². The predicted molar refractivity (Wildman–Crippen MR) is 89.3 cm³/mol. The number of carbonyl (C=O) groups excluding carboxylic acids is 1. The first kappa shape index (κ1) is 18.6. The van der Waals surface area contributed by atoms with Gasteiger partial charge in [-0.2, -0.15) is 0 Å². The van der Waals surface area contributed by atoms with Gasteiger partial charge in [-0.05, 0) is 10.8 Å². The number of hydrogen-bond acceptors (Lipinski definition) is 3. The second-order valence-corrected chi connectivity index (χ2v) is 9.28. The van der Waals surface area contributed by atoms with Crippen LogP contribution in [-0.2, 0) is 4.79 Å². The van der Waals surface area contributed by atoms with Crippen LogP contribution in [0.25, 0.3) is 0 Å². The second-order valence-electron chi connectivity index (χ2n) is 9.28. The Hall–Kier alpha value is -1.45. The highest BCUT2D eigenvalue weighted by Gasteiger charge is 2.55. The maximum atomic E-state index is 12.9. The average molecular weight is 308 g/mol. The van der Waals surface area contributed by atoms with Gasteiger partial charge in [0.2, 0.25) is 0 Å². The normalized spacial score (nSPS) is 19.6. The monoisotopic (exact) mass is 308 g/mol. The Morgan fingerprint density at radius 3 is 1.36 bits per heavy atom. The highest BCUT2D eigenvalue weighted by molar-refractivity contribution is 6.11. The number of Topliss-reactive ketones (excluding diaryl/α,β-unsaturated/α-hetero) is 1. The summed E-state index contributed by atoms with van der Waals surface area (Å²) in [6.07, 6.45) is 3.18. The van der Waals surface area contributed by atoms with E-state index in [0.29, 0.717) is 11.1 Å². The summed E-state index contributed by atoms with van der Waals surface area (Å²) >= 11 is 0. The summed E-state index contributed by atoms with van der Waals surface area (Å²) in [6, 6.07) is 0. The van der Waals surface area contributed by atoms with Crippen LogP contribution in [0.3, 0.4) is 0 Å². The van der Waals surface area contributed by atoms with Crippen LogP contribution in [0.1, 0.15) is 62.3 Å². The van der Waals surface area contributed by atoms with E-state index in [9.17, 15) is 14.9 Å². The molecule has 4 heteroatoms. The lowest BCUT2D eigenvalue weighted by Crippen LogP contribution is -2.50. The molecule has 124 valence electrons. The highest BCUT2D eigenvalue weighted by atomic mass is 16.9. The molecule has 0 aromatic rings. The zero-order valence-electron chi connectivity index (χ0n) is 15.3. The average Bonchev–Trinajstić information content (AvgIpc) is 2.23. The first-order chi connectivity index (χ1) is 9.54. The highest BCUT2D eigenvalue weighted by Crippen LogP contribution is 2.46. The van der Waals surface area contributed by atoms with E-state index in [1.165, 1.54) is 0 Å². The zero-order chi connectivity index (χ0) is 17.7. The molecule has 0 amide bonds. The van der Waals surface area contributed by atoms with E-state index in [0.717, 1.165) is 0 Å². The summed E-state index contributed by atoms with van der Waals surface area (Å²) in [4.78, 5) is 24.6. The molecule has 0 unspecified atom stereocenters. The molecule has 0 heterocycles. The van der Waals surface area contributed by atoms with Crippen molar-refractivity contribution in [2.45, 2.75) is 67.9 Å². The molecular formula is C18H29NO3. The predicted octanol–water partition coefficient (Wildman–Crippen LogP) is 4.58. The van der Waals surface area contributed by atoms with Gasteiger partial charge in [0, 0.05) is 33.6 Å². The van der Waals surface area contributed by atoms with Crippen molar-refractivity contribution in [3.63, 3.8) is 0 Å². The molecule has 0 atom stereocenters. The van der Waals surface area contributed by atoms with Crippen molar-refractivity contribution in [1.82, 2.24) is 0 Å². The smallest absolute Gasteiger partial charge is 0.264 e. The summed E-state index contributed by atoms with van der Waals surface area (Å²) in [5, 5.41) is 12.0. The van der Waals surface area contributed by atoms with E-state index in [1.807, 2.05) is 62.3 Å². The van der Waals surface area contributed by atoms with Crippen LogP contribution in [0.2, 0.25) is 0 Å². The van der Waals surface area contributed by atoms with Crippen molar-refractivity contribution >= 4 is 5.78 Å². The number of hydrogen-bond donors (Lipinski definition) is 0. The van der Waals surface area contributed by atoms with Crippen molar-refractivity contribution < 1.29 is 9.72 Å². The Labute approximate surface area is 133 Å². The van der Waals surface area contributed by atoms with Crippen molar-refractivity contribution in [2.75, 3.05) is 0 Å². The molecule has 0 aromatic heterocycles. The molecule has 0 N–H and O–H groups in total. The fraction of sp³-hybridized carbons (Fsp3) is 0.722. The number of rotatable bonds is 1. The van der Waals surface area contributed by atoms with Crippen molar-refractivity contribution in [3.05, 3.63) is 33.4 Å². The topological polar surface area (TPSA) is 60.2 Å². The largest absolute Gasteiger partial charge is 0.289 e. The molecule has 0 saturated carbocycles. The minimum absolute atomic E-state index is 0.0678. The lowest BCUT2D eigenvalue weighted by molar-refractivity contribution is -0.559. The summed E-state index contributed by atoms with van der Waals surface area (Å²) < 4.78 is 0. The molecule has 1 aliphatic rings. The molecule has 0 saturated heterocycles. The lowest BCUT2D eigenvalue weighted by Gasteiger charge is -2.40. The molecule has 0 aliphatic heterocycles. The van der Waals surface area contributed by atoms with Gasteiger partial charge in [0.25, 0.3) is 5.54 Å². The maximum absolute atomic E-state index is 12.9. The van der Waals surface area contributed by atoms with Crippen molar-refractivity contribution in [2.24, 2.45) is 16.2 Å². The summed E-state index contributed by atoms with van der Waals surface area (Å²) in [5.41, 5.74) is -1.81.